The number of nitrogens with zero attached hydrogens (tertiary/aromatic N) is 1. The molecular weight excluding hydrogens is 392 g/mol. The molecule has 0 aliphatic carbocycles. The molecule has 3 rings (SSSR count). The molecule has 144 valence electrons. The van der Waals surface area contributed by atoms with Crippen LogP contribution in [-0.2, 0) is 14.8 Å². The number of fused-ring (bicyclic) bond motifs is 1. The Balaban J connectivity index is 1.97. The van der Waals surface area contributed by atoms with Crippen LogP contribution in [0.3, 0.4) is 0 Å². The monoisotopic (exact) mass is 405 g/mol. The van der Waals surface area contributed by atoms with Crippen molar-refractivity contribution in [3.8, 4) is 0 Å². The maximum atomic E-state index is 13.9. The summed E-state index contributed by atoms with van der Waals surface area (Å²) >= 11 is 0. The number of halogens is 2. The standard InChI is InChI=1S/C18H13F2N3O4S/c1-10(24)22-15-9-11(4-5-13(15)19)18(25)23-28(26,27)16-7-6-14(20)17-12(16)3-2-8-21-17/h2-9H,1H3,(H,22,24)(H,23,25). The number of amides is 2. The van der Waals surface area contributed by atoms with Gasteiger partial charge in [0.1, 0.15) is 17.2 Å². The number of nitrogens with one attached hydrogen (secondary N) is 2. The zero-order chi connectivity index (χ0) is 20.5. The van der Waals surface area contributed by atoms with Gasteiger partial charge in [0.2, 0.25) is 5.91 Å². The van der Waals surface area contributed by atoms with E-state index >= 15 is 0 Å². The quantitative estimate of drug-likeness (QED) is 0.694. The molecule has 0 radical (unpaired) electrons. The largest absolute Gasteiger partial charge is 0.324 e. The van der Waals surface area contributed by atoms with Crippen LogP contribution in [0.1, 0.15) is 17.3 Å². The van der Waals surface area contributed by atoms with Gasteiger partial charge in [0.15, 0.2) is 0 Å². The highest BCUT2D eigenvalue weighted by Gasteiger charge is 2.23. The van der Waals surface area contributed by atoms with Crippen molar-refractivity contribution < 1.29 is 26.8 Å². The highest BCUT2D eigenvalue weighted by atomic mass is 32.2. The number of aromatic nitrogens is 1. The van der Waals surface area contributed by atoms with E-state index in [1.54, 1.807) is 0 Å². The van der Waals surface area contributed by atoms with Gasteiger partial charge in [-0.2, -0.15) is 0 Å². The van der Waals surface area contributed by atoms with E-state index in [-0.39, 0.29) is 27.0 Å². The van der Waals surface area contributed by atoms with Crippen molar-refractivity contribution in [1.82, 2.24) is 9.71 Å². The van der Waals surface area contributed by atoms with Crippen LogP contribution in [0.15, 0.2) is 53.6 Å². The third-order valence-electron chi connectivity index (χ3n) is 3.74. The summed E-state index contributed by atoms with van der Waals surface area (Å²) in [5, 5.41) is 2.20. The number of benzene rings is 2. The summed E-state index contributed by atoms with van der Waals surface area (Å²) in [6.45, 7) is 1.16. The van der Waals surface area contributed by atoms with Crippen LogP contribution < -0.4 is 10.0 Å². The molecule has 2 amide bonds. The Hall–Kier alpha value is -3.40. The molecule has 28 heavy (non-hydrogen) atoms. The van der Waals surface area contributed by atoms with Crippen LogP contribution in [0.25, 0.3) is 10.9 Å². The van der Waals surface area contributed by atoms with Crippen LogP contribution in [0.5, 0.6) is 0 Å². The Morgan fingerprint density at radius 2 is 1.75 bits per heavy atom. The lowest BCUT2D eigenvalue weighted by atomic mass is 10.2. The molecule has 2 aromatic carbocycles. The Labute approximate surface area is 158 Å². The molecule has 0 fully saturated rings. The van der Waals surface area contributed by atoms with Gasteiger partial charge in [0, 0.05) is 24.1 Å². The van der Waals surface area contributed by atoms with Crippen LogP contribution in [0.2, 0.25) is 0 Å². The number of anilines is 1. The Morgan fingerprint density at radius 1 is 1.04 bits per heavy atom. The average Bonchev–Trinajstić information content (AvgIpc) is 2.63. The minimum absolute atomic E-state index is 0.000779. The SMILES string of the molecule is CC(=O)Nc1cc(C(=O)NS(=O)(=O)c2ccc(F)c3ncccc23)ccc1F. The number of sulfonamides is 1. The van der Waals surface area contributed by atoms with Crippen LogP contribution >= 0.6 is 0 Å². The molecule has 1 heterocycles. The number of hydrogen-bond donors (Lipinski definition) is 2. The first kappa shape index (κ1) is 19.4. The normalized spacial score (nSPS) is 11.2. The average molecular weight is 405 g/mol. The molecule has 0 aliphatic heterocycles. The first-order valence-corrected chi connectivity index (χ1v) is 9.35. The molecule has 2 N–H and O–H groups in total. The summed E-state index contributed by atoms with van der Waals surface area (Å²) in [6, 6.07) is 7.73. The maximum absolute atomic E-state index is 13.9. The smallest absolute Gasteiger partial charge is 0.265 e. The van der Waals surface area contributed by atoms with E-state index in [0.717, 1.165) is 37.3 Å². The van der Waals surface area contributed by atoms with Crippen molar-refractivity contribution in [1.29, 1.82) is 0 Å². The number of rotatable bonds is 4. The Bertz CT molecular complexity index is 1210. The third-order valence-corrected chi connectivity index (χ3v) is 5.13. The Morgan fingerprint density at radius 3 is 2.46 bits per heavy atom. The zero-order valence-electron chi connectivity index (χ0n) is 14.4. The van der Waals surface area contributed by atoms with Crippen molar-refractivity contribution in [3.63, 3.8) is 0 Å². The lowest BCUT2D eigenvalue weighted by molar-refractivity contribution is -0.114. The van der Waals surface area contributed by atoms with Gasteiger partial charge in [-0.1, -0.05) is 0 Å². The second-order valence-electron chi connectivity index (χ2n) is 5.76. The molecule has 0 bridgehead atoms. The van der Waals surface area contributed by atoms with Gasteiger partial charge >= 0.3 is 0 Å². The van der Waals surface area contributed by atoms with Crippen LogP contribution in [-0.4, -0.2) is 25.2 Å². The fraction of sp³-hybridized carbons (Fsp3) is 0.0556. The van der Waals surface area contributed by atoms with Crippen molar-refractivity contribution >= 4 is 38.4 Å². The summed E-state index contributed by atoms with van der Waals surface area (Å²) < 4.78 is 54.7. The highest BCUT2D eigenvalue weighted by Crippen LogP contribution is 2.24. The van der Waals surface area contributed by atoms with Crippen molar-refractivity contribution in [2.75, 3.05) is 5.32 Å². The highest BCUT2D eigenvalue weighted by molar-refractivity contribution is 7.90. The lowest BCUT2D eigenvalue weighted by Gasteiger charge is -2.11. The van der Waals surface area contributed by atoms with Gasteiger partial charge < -0.3 is 5.32 Å². The fourth-order valence-electron chi connectivity index (χ4n) is 2.53. The summed E-state index contributed by atoms with van der Waals surface area (Å²) in [4.78, 5) is 26.9. The molecule has 1 aromatic heterocycles. The van der Waals surface area contributed by atoms with Crippen LogP contribution in [0.4, 0.5) is 14.5 Å². The summed E-state index contributed by atoms with van der Waals surface area (Å²) in [5.41, 5.74) is -0.625. The summed E-state index contributed by atoms with van der Waals surface area (Å²) in [7, 11) is -4.38. The minimum Gasteiger partial charge on any atom is -0.324 e. The Kier molecular flexibility index (Phi) is 5.06. The summed E-state index contributed by atoms with van der Waals surface area (Å²) in [5.74, 6) is -3.10. The summed E-state index contributed by atoms with van der Waals surface area (Å²) in [6.07, 6.45) is 1.31. The van der Waals surface area contributed by atoms with Gasteiger partial charge in [0.25, 0.3) is 15.9 Å². The second-order valence-corrected chi connectivity index (χ2v) is 7.41. The number of pyridine rings is 1. The van der Waals surface area contributed by atoms with Gasteiger partial charge in [-0.25, -0.2) is 21.9 Å². The van der Waals surface area contributed by atoms with Crippen molar-refractivity contribution in [3.05, 3.63) is 65.9 Å². The maximum Gasteiger partial charge on any atom is 0.265 e. The molecule has 0 unspecified atom stereocenters. The van der Waals surface area contributed by atoms with Crippen molar-refractivity contribution in [2.45, 2.75) is 11.8 Å². The first-order chi connectivity index (χ1) is 13.2. The van der Waals surface area contributed by atoms with Gasteiger partial charge in [0.05, 0.1) is 10.6 Å². The van der Waals surface area contributed by atoms with E-state index < -0.39 is 33.5 Å². The number of carbonyl (C=O) groups is 2. The predicted molar refractivity (Wildman–Crippen MR) is 97.1 cm³/mol. The molecule has 3 aromatic rings. The van der Waals surface area contributed by atoms with E-state index in [4.69, 9.17) is 0 Å². The molecule has 7 nitrogen and oxygen atoms in total. The first-order valence-electron chi connectivity index (χ1n) is 7.86. The lowest BCUT2D eigenvalue weighted by Crippen LogP contribution is -2.31. The van der Waals surface area contributed by atoms with Gasteiger partial charge in [-0.05, 0) is 42.5 Å². The minimum atomic E-state index is -4.38. The second kappa shape index (κ2) is 7.31. The fourth-order valence-corrected chi connectivity index (χ4v) is 3.71. The molecule has 0 aliphatic rings. The topological polar surface area (TPSA) is 105 Å². The molecule has 0 saturated carbocycles. The van der Waals surface area contributed by atoms with E-state index in [1.165, 1.54) is 18.3 Å². The van der Waals surface area contributed by atoms with Gasteiger partial charge in [-0.15, -0.1) is 0 Å². The predicted octanol–water partition coefficient (Wildman–Crippen LogP) is 2.59. The van der Waals surface area contributed by atoms with Gasteiger partial charge in [-0.3, -0.25) is 14.6 Å². The molecule has 10 heteroatoms. The van der Waals surface area contributed by atoms with E-state index in [9.17, 15) is 26.8 Å². The third kappa shape index (κ3) is 3.81. The molecule has 0 spiro atoms. The van der Waals surface area contributed by atoms with Crippen molar-refractivity contribution in [2.24, 2.45) is 0 Å². The number of hydrogen-bond acceptors (Lipinski definition) is 5. The van der Waals surface area contributed by atoms with E-state index in [1.807, 2.05) is 4.72 Å². The van der Waals surface area contributed by atoms with E-state index in [2.05, 4.69) is 10.3 Å². The molecule has 0 atom stereocenters. The zero-order valence-corrected chi connectivity index (χ0v) is 15.2. The van der Waals surface area contributed by atoms with Crippen LogP contribution in [0, 0.1) is 11.6 Å². The molecular formula is C18H13F2N3O4S. The van der Waals surface area contributed by atoms with E-state index in [0.29, 0.717) is 0 Å². The molecule has 0 saturated heterocycles. The number of carbonyl (C=O) groups excluding carboxylic acids is 2.